The number of nitrogens with one attached hydrogen (secondary N) is 1. The van der Waals surface area contributed by atoms with Gasteiger partial charge in [0.2, 0.25) is 0 Å². The molecule has 1 aliphatic rings. The lowest BCUT2D eigenvalue weighted by molar-refractivity contribution is 0.690. The Morgan fingerprint density at radius 1 is 0.895 bits per heavy atom. The van der Waals surface area contributed by atoms with Crippen molar-refractivity contribution in [2.45, 2.75) is 25.4 Å². The van der Waals surface area contributed by atoms with Gasteiger partial charge in [0.05, 0.1) is 22.1 Å². The van der Waals surface area contributed by atoms with Crippen molar-refractivity contribution in [3.63, 3.8) is 0 Å². The predicted octanol–water partition coefficient (Wildman–Crippen LogP) is 3.04. The van der Waals surface area contributed by atoms with Gasteiger partial charge in [-0.1, -0.05) is 24.3 Å². The first-order chi connectivity index (χ1) is 9.40. The maximum Gasteiger partial charge on any atom is 0.0939 e. The van der Waals surface area contributed by atoms with Crippen molar-refractivity contribution in [1.29, 1.82) is 0 Å². The van der Waals surface area contributed by atoms with E-state index in [1.54, 1.807) is 0 Å². The Kier molecular flexibility index (Phi) is 2.45. The van der Waals surface area contributed by atoms with Gasteiger partial charge in [0.15, 0.2) is 0 Å². The van der Waals surface area contributed by atoms with Gasteiger partial charge in [-0.2, -0.15) is 0 Å². The zero-order valence-corrected chi connectivity index (χ0v) is 10.6. The van der Waals surface area contributed by atoms with Crippen molar-refractivity contribution in [1.82, 2.24) is 15.3 Å². The van der Waals surface area contributed by atoms with Gasteiger partial charge in [-0.3, -0.25) is 0 Å². The summed E-state index contributed by atoms with van der Waals surface area (Å²) in [5.74, 6) is 0. The molecule has 0 unspecified atom stereocenters. The summed E-state index contributed by atoms with van der Waals surface area (Å²) < 4.78 is 0. The van der Waals surface area contributed by atoms with Crippen LogP contribution in [-0.2, 0) is 6.54 Å². The first-order valence-corrected chi connectivity index (χ1v) is 6.78. The standard InChI is InChI=1S/C16H15N3/c1-2-6-14-13(5-1)18-15-7-3-4-11(16(15)19-14)10-17-12-8-9-12/h1-7,12,17H,8-10H2. The highest BCUT2D eigenvalue weighted by atomic mass is 14.9. The lowest BCUT2D eigenvalue weighted by Gasteiger charge is -2.07. The third-order valence-corrected chi connectivity index (χ3v) is 3.61. The number of nitrogens with zero attached hydrogens (tertiary/aromatic N) is 2. The molecule has 0 bridgehead atoms. The van der Waals surface area contributed by atoms with Crippen LogP contribution in [0.1, 0.15) is 18.4 Å². The Hall–Kier alpha value is -2.00. The second kappa shape index (κ2) is 4.28. The summed E-state index contributed by atoms with van der Waals surface area (Å²) in [5.41, 5.74) is 5.17. The summed E-state index contributed by atoms with van der Waals surface area (Å²) in [5, 5.41) is 3.55. The average Bonchev–Trinajstić information content (AvgIpc) is 3.27. The van der Waals surface area contributed by atoms with Gasteiger partial charge in [0, 0.05) is 12.6 Å². The number of hydrogen-bond acceptors (Lipinski definition) is 3. The van der Waals surface area contributed by atoms with Crippen LogP contribution in [0.2, 0.25) is 0 Å². The Balaban J connectivity index is 1.85. The fraction of sp³-hybridized carbons (Fsp3) is 0.250. The van der Waals surface area contributed by atoms with Crippen LogP contribution in [0.15, 0.2) is 42.5 Å². The Bertz CT molecular complexity index is 747. The van der Waals surface area contributed by atoms with E-state index >= 15 is 0 Å². The van der Waals surface area contributed by atoms with Gasteiger partial charge in [-0.05, 0) is 36.6 Å². The number of benzene rings is 2. The lowest BCUT2D eigenvalue weighted by Crippen LogP contribution is -2.15. The van der Waals surface area contributed by atoms with E-state index in [-0.39, 0.29) is 0 Å². The van der Waals surface area contributed by atoms with Crippen LogP contribution in [0.4, 0.5) is 0 Å². The van der Waals surface area contributed by atoms with Crippen LogP contribution in [0, 0.1) is 0 Å². The minimum atomic E-state index is 0.712. The molecule has 0 spiro atoms. The molecule has 1 fully saturated rings. The molecule has 94 valence electrons. The first-order valence-electron chi connectivity index (χ1n) is 6.78. The van der Waals surface area contributed by atoms with Crippen LogP contribution >= 0.6 is 0 Å². The molecule has 0 aliphatic heterocycles. The Morgan fingerprint density at radius 3 is 2.42 bits per heavy atom. The highest BCUT2D eigenvalue weighted by Crippen LogP contribution is 2.22. The number of fused-ring (bicyclic) bond motifs is 2. The Morgan fingerprint density at radius 2 is 1.63 bits per heavy atom. The lowest BCUT2D eigenvalue weighted by atomic mass is 10.1. The molecule has 2 aromatic carbocycles. The molecule has 0 saturated heterocycles. The summed E-state index contributed by atoms with van der Waals surface area (Å²) in [6.45, 7) is 0.884. The van der Waals surface area contributed by atoms with Gasteiger partial charge in [-0.15, -0.1) is 0 Å². The molecule has 1 saturated carbocycles. The van der Waals surface area contributed by atoms with Crippen LogP contribution in [0.5, 0.6) is 0 Å². The average molecular weight is 249 g/mol. The van der Waals surface area contributed by atoms with E-state index in [0.717, 1.165) is 28.6 Å². The molecule has 1 heterocycles. The molecule has 3 aromatic rings. The molecule has 1 aromatic heterocycles. The smallest absolute Gasteiger partial charge is 0.0939 e. The third kappa shape index (κ3) is 2.06. The first kappa shape index (κ1) is 10.9. The van der Waals surface area contributed by atoms with Crippen molar-refractivity contribution in [2.75, 3.05) is 0 Å². The predicted molar refractivity (Wildman–Crippen MR) is 76.9 cm³/mol. The molecule has 0 radical (unpaired) electrons. The molecular weight excluding hydrogens is 234 g/mol. The minimum Gasteiger partial charge on any atom is -0.310 e. The largest absolute Gasteiger partial charge is 0.310 e. The molecule has 1 aliphatic carbocycles. The highest BCUT2D eigenvalue weighted by Gasteiger charge is 2.20. The maximum atomic E-state index is 4.77. The van der Waals surface area contributed by atoms with Crippen molar-refractivity contribution in [2.24, 2.45) is 0 Å². The maximum absolute atomic E-state index is 4.77. The summed E-state index contributed by atoms with van der Waals surface area (Å²) >= 11 is 0. The topological polar surface area (TPSA) is 37.8 Å². The fourth-order valence-electron chi connectivity index (χ4n) is 2.38. The molecule has 19 heavy (non-hydrogen) atoms. The fourth-order valence-corrected chi connectivity index (χ4v) is 2.38. The second-order valence-electron chi connectivity index (χ2n) is 5.15. The van der Waals surface area contributed by atoms with Crippen molar-refractivity contribution in [3.8, 4) is 0 Å². The van der Waals surface area contributed by atoms with Gasteiger partial charge < -0.3 is 5.32 Å². The molecular formula is C16H15N3. The summed E-state index contributed by atoms with van der Waals surface area (Å²) in [6.07, 6.45) is 2.61. The SMILES string of the molecule is c1ccc2nc3c(CNC4CC4)cccc3nc2c1. The Labute approximate surface area is 111 Å². The van der Waals surface area contributed by atoms with Gasteiger partial charge >= 0.3 is 0 Å². The molecule has 0 atom stereocenters. The van der Waals surface area contributed by atoms with Crippen LogP contribution in [-0.4, -0.2) is 16.0 Å². The van der Waals surface area contributed by atoms with E-state index in [9.17, 15) is 0 Å². The molecule has 3 heteroatoms. The molecule has 0 amide bonds. The quantitative estimate of drug-likeness (QED) is 0.725. The van der Waals surface area contributed by atoms with E-state index in [2.05, 4.69) is 17.4 Å². The highest BCUT2D eigenvalue weighted by molar-refractivity contribution is 5.87. The summed E-state index contributed by atoms with van der Waals surface area (Å²) in [4.78, 5) is 9.46. The van der Waals surface area contributed by atoms with E-state index in [1.165, 1.54) is 18.4 Å². The van der Waals surface area contributed by atoms with Crippen LogP contribution in [0.3, 0.4) is 0 Å². The summed E-state index contributed by atoms with van der Waals surface area (Å²) in [7, 11) is 0. The van der Waals surface area contributed by atoms with Crippen molar-refractivity contribution < 1.29 is 0 Å². The number of aromatic nitrogens is 2. The third-order valence-electron chi connectivity index (χ3n) is 3.61. The monoisotopic (exact) mass is 249 g/mol. The molecule has 1 N–H and O–H groups in total. The van der Waals surface area contributed by atoms with E-state index in [1.807, 2.05) is 30.3 Å². The van der Waals surface area contributed by atoms with E-state index < -0.39 is 0 Å². The van der Waals surface area contributed by atoms with Gasteiger partial charge in [-0.25, -0.2) is 9.97 Å². The number of rotatable bonds is 3. The molecule has 3 nitrogen and oxygen atoms in total. The van der Waals surface area contributed by atoms with Crippen molar-refractivity contribution >= 4 is 22.1 Å². The zero-order valence-electron chi connectivity index (χ0n) is 10.6. The normalized spacial score (nSPS) is 15.2. The van der Waals surface area contributed by atoms with Crippen LogP contribution < -0.4 is 5.32 Å². The zero-order chi connectivity index (χ0) is 12.7. The number of para-hydroxylation sites is 3. The van der Waals surface area contributed by atoms with E-state index in [4.69, 9.17) is 9.97 Å². The summed E-state index contributed by atoms with van der Waals surface area (Å²) in [6, 6.07) is 15.0. The second-order valence-corrected chi connectivity index (χ2v) is 5.15. The van der Waals surface area contributed by atoms with Gasteiger partial charge in [0.1, 0.15) is 0 Å². The molecule has 4 rings (SSSR count). The van der Waals surface area contributed by atoms with E-state index in [0.29, 0.717) is 6.04 Å². The van der Waals surface area contributed by atoms with Crippen molar-refractivity contribution in [3.05, 3.63) is 48.0 Å². The van der Waals surface area contributed by atoms with Gasteiger partial charge in [0.25, 0.3) is 0 Å². The van der Waals surface area contributed by atoms with Crippen LogP contribution in [0.25, 0.3) is 22.1 Å². The number of hydrogen-bond donors (Lipinski definition) is 1. The minimum absolute atomic E-state index is 0.712.